The molecule has 1 amide bonds. The van der Waals surface area contributed by atoms with Gasteiger partial charge in [-0.15, -0.1) is 0 Å². The molecule has 0 radical (unpaired) electrons. The van der Waals surface area contributed by atoms with Crippen LogP contribution in [-0.2, 0) is 4.74 Å². The fourth-order valence-electron chi connectivity index (χ4n) is 3.82. The summed E-state index contributed by atoms with van der Waals surface area (Å²) in [6.45, 7) is 3.29. The van der Waals surface area contributed by atoms with Gasteiger partial charge in [-0.3, -0.25) is 9.69 Å². The molecule has 4 rings (SSSR count). The molecular formula is C24H27N3O5. The van der Waals surface area contributed by atoms with E-state index in [2.05, 4.69) is 15.4 Å². The Morgan fingerprint density at radius 2 is 1.84 bits per heavy atom. The molecule has 1 fully saturated rings. The minimum Gasteiger partial charge on any atom is -0.497 e. The van der Waals surface area contributed by atoms with Crippen molar-refractivity contribution in [3.05, 3.63) is 65.9 Å². The number of nitrogens with zero attached hydrogens (tertiary/aromatic N) is 2. The first-order chi connectivity index (χ1) is 15.7. The molecule has 3 aromatic rings. The van der Waals surface area contributed by atoms with Crippen LogP contribution in [0.3, 0.4) is 0 Å². The second kappa shape index (κ2) is 10.3. The Labute approximate surface area is 187 Å². The van der Waals surface area contributed by atoms with Crippen molar-refractivity contribution in [1.29, 1.82) is 0 Å². The third kappa shape index (κ3) is 4.92. The van der Waals surface area contributed by atoms with Crippen molar-refractivity contribution in [3.63, 3.8) is 0 Å². The van der Waals surface area contributed by atoms with Crippen LogP contribution in [0.5, 0.6) is 11.5 Å². The summed E-state index contributed by atoms with van der Waals surface area (Å²) in [5.41, 5.74) is 2.07. The average Bonchev–Trinajstić information content (AvgIpc) is 3.35. The van der Waals surface area contributed by atoms with Crippen molar-refractivity contribution in [2.24, 2.45) is 0 Å². The van der Waals surface area contributed by atoms with E-state index in [-0.39, 0.29) is 17.6 Å². The van der Waals surface area contributed by atoms with Crippen LogP contribution in [-0.4, -0.2) is 63.0 Å². The van der Waals surface area contributed by atoms with Gasteiger partial charge in [-0.1, -0.05) is 23.4 Å². The zero-order valence-corrected chi connectivity index (χ0v) is 18.2. The number of methoxy groups -OCH3 is 2. The third-order valence-corrected chi connectivity index (χ3v) is 5.56. The van der Waals surface area contributed by atoms with E-state index in [0.717, 1.165) is 35.7 Å². The molecule has 2 aromatic carbocycles. The molecule has 1 aromatic heterocycles. The second-order valence-corrected chi connectivity index (χ2v) is 7.42. The van der Waals surface area contributed by atoms with Gasteiger partial charge in [0.1, 0.15) is 11.5 Å². The molecule has 0 saturated carbocycles. The first-order valence-corrected chi connectivity index (χ1v) is 10.5. The van der Waals surface area contributed by atoms with Crippen LogP contribution in [0.2, 0.25) is 0 Å². The summed E-state index contributed by atoms with van der Waals surface area (Å²) in [6.07, 6.45) is 0. The lowest BCUT2D eigenvalue weighted by molar-refractivity contribution is 0.0157. The molecule has 1 aliphatic heterocycles. The quantitative estimate of drug-likeness (QED) is 0.579. The Bertz CT molecular complexity index is 1030. The number of rotatable bonds is 8. The monoisotopic (exact) mass is 437 g/mol. The van der Waals surface area contributed by atoms with Crippen LogP contribution >= 0.6 is 0 Å². The van der Waals surface area contributed by atoms with E-state index < -0.39 is 0 Å². The summed E-state index contributed by atoms with van der Waals surface area (Å²) < 4.78 is 21.6. The number of para-hydroxylation sites is 1. The van der Waals surface area contributed by atoms with Gasteiger partial charge in [-0.05, 0) is 30.3 Å². The largest absolute Gasteiger partial charge is 0.497 e. The van der Waals surface area contributed by atoms with Crippen LogP contribution in [0.25, 0.3) is 11.3 Å². The smallest absolute Gasteiger partial charge is 0.273 e. The molecular weight excluding hydrogens is 410 g/mol. The van der Waals surface area contributed by atoms with Crippen LogP contribution in [0.1, 0.15) is 22.1 Å². The maximum atomic E-state index is 12.8. The van der Waals surface area contributed by atoms with Gasteiger partial charge in [0.15, 0.2) is 11.5 Å². The zero-order valence-electron chi connectivity index (χ0n) is 18.2. The molecule has 32 heavy (non-hydrogen) atoms. The standard InChI is InChI=1S/C24H27N3O5/c1-29-18-9-7-17(8-10-18)23-15-20(26-32-23)24(28)25-16-21(27-11-13-31-14-12-27)19-5-3-4-6-22(19)30-2/h3-10,15,21H,11-14,16H2,1-2H3,(H,25,28)/t21-/m1/s1. The van der Waals surface area contributed by atoms with Crippen molar-refractivity contribution in [3.8, 4) is 22.8 Å². The van der Waals surface area contributed by atoms with E-state index in [1.165, 1.54) is 0 Å². The molecule has 8 nitrogen and oxygen atoms in total. The summed E-state index contributed by atoms with van der Waals surface area (Å²) in [6, 6.07) is 16.9. The number of morpholine rings is 1. The van der Waals surface area contributed by atoms with Crippen LogP contribution in [0, 0.1) is 0 Å². The second-order valence-electron chi connectivity index (χ2n) is 7.42. The van der Waals surface area contributed by atoms with Crippen molar-refractivity contribution in [1.82, 2.24) is 15.4 Å². The van der Waals surface area contributed by atoms with E-state index in [1.807, 2.05) is 48.5 Å². The lowest BCUT2D eigenvalue weighted by Gasteiger charge is -2.35. The Morgan fingerprint density at radius 3 is 2.56 bits per heavy atom. The van der Waals surface area contributed by atoms with Gasteiger partial charge in [-0.2, -0.15) is 0 Å². The Morgan fingerprint density at radius 1 is 1.09 bits per heavy atom. The van der Waals surface area contributed by atoms with Crippen molar-refractivity contribution in [2.45, 2.75) is 6.04 Å². The number of aromatic nitrogens is 1. The first-order valence-electron chi connectivity index (χ1n) is 10.5. The van der Waals surface area contributed by atoms with Gasteiger partial charge in [-0.25, -0.2) is 0 Å². The van der Waals surface area contributed by atoms with Crippen LogP contribution in [0.15, 0.2) is 59.1 Å². The minimum atomic E-state index is -0.290. The summed E-state index contributed by atoms with van der Waals surface area (Å²) in [7, 11) is 3.27. The molecule has 1 N–H and O–H groups in total. The molecule has 0 aliphatic carbocycles. The molecule has 1 aliphatic rings. The van der Waals surface area contributed by atoms with Gasteiger partial charge in [0.25, 0.3) is 5.91 Å². The van der Waals surface area contributed by atoms with Crippen LogP contribution in [0.4, 0.5) is 0 Å². The number of hydrogen-bond acceptors (Lipinski definition) is 7. The maximum absolute atomic E-state index is 12.8. The fraction of sp³-hybridized carbons (Fsp3) is 0.333. The molecule has 8 heteroatoms. The molecule has 0 unspecified atom stereocenters. The number of nitrogens with one attached hydrogen (secondary N) is 1. The molecule has 2 heterocycles. The fourth-order valence-corrected chi connectivity index (χ4v) is 3.82. The van der Waals surface area contributed by atoms with E-state index in [9.17, 15) is 4.79 Å². The average molecular weight is 437 g/mol. The Hall–Kier alpha value is -3.36. The predicted molar refractivity (Wildman–Crippen MR) is 119 cm³/mol. The molecule has 168 valence electrons. The summed E-state index contributed by atoms with van der Waals surface area (Å²) in [5.74, 6) is 1.77. The lowest BCUT2D eigenvalue weighted by atomic mass is 10.0. The highest BCUT2D eigenvalue weighted by atomic mass is 16.5. The Kier molecular flexibility index (Phi) is 7.03. The van der Waals surface area contributed by atoms with Crippen molar-refractivity contribution < 1.29 is 23.5 Å². The highest BCUT2D eigenvalue weighted by Crippen LogP contribution is 2.30. The van der Waals surface area contributed by atoms with Gasteiger partial charge in [0.2, 0.25) is 0 Å². The number of carbonyl (C=O) groups excluding carboxylic acids is 1. The van der Waals surface area contributed by atoms with Crippen LogP contribution < -0.4 is 14.8 Å². The SMILES string of the molecule is COc1ccc(-c2cc(C(=O)NC[C@H](c3ccccc3OC)N3CCOCC3)no2)cc1. The summed E-state index contributed by atoms with van der Waals surface area (Å²) in [4.78, 5) is 15.1. The minimum absolute atomic E-state index is 0.0491. The van der Waals surface area contributed by atoms with E-state index in [4.69, 9.17) is 18.7 Å². The molecule has 0 bridgehead atoms. The number of ether oxygens (including phenoxy) is 3. The number of benzene rings is 2. The molecule has 0 spiro atoms. The maximum Gasteiger partial charge on any atom is 0.273 e. The van der Waals surface area contributed by atoms with Crippen molar-refractivity contribution >= 4 is 5.91 Å². The van der Waals surface area contributed by atoms with Gasteiger partial charge >= 0.3 is 0 Å². The van der Waals surface area contributed by atoms with Gasteiger partial charge < -0.3 is 24.1 Å². The predicted octanol–water partition coefficient (Wildman–Crippen LogP) is 3.16. The highest BCUT2D eigenvalue weighted by Gasteiger charge is 2.26. The lowest BCUT2D eigenvalue weighted by Crippen LogP contribution is -2.44. The van der Waals surface area contributed by atoms with Gasteiger partial charge in [0.05, 0.1) is 33.5 Å². The van der Waals surface area contributed by atoms with E-state index >= 15 is 0 Å². The zero-order chi connectivity index (χ0) is 22.3. The number of hydrogen-bond donors (Lipinski definition) is 1. The number of amides is 1. The number of carbonyl (C=O) groups is 1. The summed E-state index contributed by atoms with van der Waals surface area (Å²) in [5, 5.41) is 6.97. The van der Waals surface area contributed by atoms with Crippen molar-refractivity contribution in [2.75, 3.05) is 47.1 Å². The highest BCUT2D eigenvalue weighted by molar-refractivity contribution is 5.93. The third-order valence-electron chi connectivity index (χ3n) is 5.56. The molecule has 1 saturated heterocycles. The Balaban J connectivity index is 1.48. The summed E-state index contributed by atoms with van der Waals surface area (Å²) >= 11 is 0. The van der Waals surface area contributed by atoms with Gasteiger partial charge in [0, 0.05) is 36.8 Å². The topological polar surface area (TPSA) is 86.1 Å². The molecule has 1 atom stereocenters. The first kappa shape index (κ1) is 21.9. The van der Waals surface area contributed by atoms with E-state index in [0.29, 0.717) is 25.5 Å². The normalized spacial score (nSPS) is 15.2. The van der Waals surface area contributed by atoms with E-state index in [1.54, 1.807) is 20.3 Å².